The number of phenolic OH excluding ortho intramolecular Hbond substituents is 1. The number of nitrogens with two attached hydrogens (primary N) is 1. The molecule has 10 nitrogen and oxygen atoms in total. The van der Waals surface area contributed by atoms with Gasteiger partial charge in [0, 0.05) is 24.9 Å². The molecular weight excluding hydrogens is 737 g/mol. The van der Waals surface area contributed by atoms with Crippen LogP contribution in [-0.4, -0.2) is 58.6 Å². The molecular formula is C46H50N4O6S. The number of rotatable bonds is 15. The fraction of sp³-hybridized carbons (Fsp3) is 0.283. The van der Waals surface area contributed by atoms with Gasteiger partial charge in [0.2, 0.25) is 5.91 Å². The summed E-state index contributed by atoms with van der Waals surface area (Å²) in [5, 5.41) is 14.4. The maximum absolute atomic E-state index is 13.8. The number of thioether (sulfide) groups is 1. The van der Waals surface area contributed by atoms with Crippen LogP contribution in [-0.2, 0) is 20.7 Å². The summed E-state index contributed by atoms with van der Waals surface area (Å²) in [4.78, 5) is 39.6. The van der Waals surface area contributed by atoms with Crippen LogP contribution in [0.3, 0.4) is 0 Å². The van der Waals surface area contributed by atoms with E-state index in [0.717, 1.165) is 16.9 Å². The van der Waals surface area contributed by atoms with Crippen LogP contribution in [0, 0.1) is 0 Å². The molecule has 0 aliphatic carbocycles. The number of hydrazine groups is 1. The third kappa shape index (κ3) is 10.2. The highest BCUT2D eigenvalue weighted by molar-refractivity contribution is 8.00. The lowest BCUT2D eigenvalue weighted by Crippen LogP contribution is -2.48. The number of fused-ring (bicyclic) bond motifs is 1. The number of carbonyl (C=O) groups is 3. The van der Waals surface area contributed by atoms with Gasteiger partial charge in [0.15, 0.2) is 0 Å². The second kappa shape index (κ2) is 18.4. The Morgan fingerprint density at radius 3 is 1.96 bits per heavy atom. The van der Waals surface area contributed by atoms with Gasteiger partial charge in [-0.15, -0.1) is 11.8 Å². The van der Waals surface area contributed by atoms with Crippen molar-refractivity contribution in [3.63, 3.8) is 0 Å². The molecule has 0 unspecified atom stereocenters. The highest BCUT2D eigenvalue weighted by Gasteiger charge is 2.37. The number of aromatic hydroxyl groups is 1. The molecule has 3 amide bonds. The molecule has 0 saturated carbocycles. The quantitative estimate of drug-likeness (QED) is 0.0477. The van der Waals surface area contributed by atoms with Crippen LogP contribution in [0.15, 0.2) is 133 Å². The van der Waals surface area contributed by atoms with E-state index in [1.165, 1.54) is 28.8 Å². The van der Waals surface area contributed by atoms with E-state index >= 15 is 0 Å². The first kappa shape index (κ1) is 40.9. The van der Waals surface area contributed by atoms with E-state index < -0.39 is 34.3 Å². The molecule has 0 spiro atoms. The second-order valence-corrected chi connectivity index (χ2v) is 16.3. The van der Waals surface area contributed by atoms with Gasteiger partial charge >= 0.3 is 6.09 Å². The first-order valence-corrected chi connectivity index (χ1v) is 20.1. The maximum atomic E-state index is 13.8. The van der Waals surface area contributed by atoms with Crippen LogP contribution in [0.1, 0.15) is 77.8 Å². The first-order chi connectivity index (χ1) is 27.4. The van der Waals surface area contributed by atoms with Crippen LogP contribution in [0.2, 0.25) is 0 Å². The molecule has 6 rings (SSSR count). The van der Waals surface area contributed by atoms with Crippen LogP contribution < -0.4 is 21.2 Å². The fourth-order valence-electron chi connectivity index (χ4n) is 7.17. The first-order valence-electron chi connectivity index (χ1n) is 19.2. The van der Waals surface area contributed by atoms with Crippen LogP contribution in [0.25, 0.3) is 0 Å². The Morgan fingerprint density at radius 1 is 0.842 bits per heavy atom. The topological polar surface area (TPSA) is 143 Å². The molecule has 0 saturated heterocycles. The third-order valence-electron chi connectivity index (χ3n) is 9.72. The number of phenols is 1. The Kier molecular flexibility index (Phi) is 13.2. The summed E-state index contributed by atoms with van der Waals surface area (Å²) in [5.41, 5.74) is 13.2. The molecule has 5 aromatic carbocycles. The summed E-state index contributed by atoms with van der Waals surface area (Å²) in [6.45, 7) is 6.21. The van der Waals surface area contributed by atoms with Crippen molar-refractivity contribution in [2.24, 2.45) is 5.73 Å². The Labute approximate surface area is 338 Å². The smallest absolute Gasteiger partial charge is 0.422 e. The standard InChI is InChI=1S/C46H50N4O6S/c1-45(2,3)56-44(54)49-50(28-14-30-57-46(33-15-7-4-8-16-33,34-17-9-5-10-18-34)35-19-11-6-12-20-35)40-27-29-55-41-37(40)21-13-22-38(41)43(53)48-39(42(47)52)31-32-23-25-36(51)26-24-32/h4-13,15-26,39-40,51H,14,27-31H2,1-3H3,(H2,47,52)(H,48,53)(H,49,54)/t39-,40-/m0/s1. The predicted octanol–water partition coefficient (Wildman–Crippen LogP) is 7.90. The molecule has 1 aliphatic heterocycles. The normalized spacial score (nSPS) is 14.5. The van der Waals surface area contributed by atoms with Gasteiger partial charge in [0.25, 0.3) is 5.91 Å². The summed E-state index contributed by atoms with van der Waals surface area (Å²) < 4.78 is 11.4. The molecule has 0 fully saturated rings. The van der Waals surface area contributed by atoms with E-state index in [-0.39, 0.29) is 30.4 Å². The van der Waals surface area contributed by atoms with Gasteiger partial charge < -0.3 is 25.6 Å². The van der Waals surface area contributed by atoms with Crippen molar-refractivity contribution >= 4 is 29.7 Å². The van der Waals surface area contributed by atoms with Gasteiger partial charge in [-0.05, 0) is 73.4 Å². The molecule has 0 bridgehead atoms. The Hall–Kier alpha value is -5.78. The summed E-state index contributed by atoms with van der Waals surface area (Å²) in [6, 6.07) is 41.9. The molecule has 296 valence electrons. The molecule has 2 atom stereocenters. The van der Waals surface area contributed by atoms with Gasteiger partial charge in [-0.1, -0.05) is 115 Å². The molecule has 57 heavy (non-hydrogen) atoms. The van der Waals surface area contributed by atoms with Gasteiger partial charge in [-0.25, -0.2) is 9.80 Å². The zero-order valence-electron chi connectivity index (χ0n) is 32.5. The molecule has 1 heterocycles. The van der Waals surface area contributed by atoms with Gasteiger partial charge in [0.1, 0.15) is 23.1 Å². The van der Waals surface area contributed by atoms with Crippen molar-refractivity contribution < 1.29 is 29.0 Å². The lowest BCUT2D eigenvalue weighted by Gasteiger charge is -2.37. The maximum Gasteiger partial charge on any atom is 0.422 e. The summed E-state index contributed by atoms with van der Waals surface area (Å²) >= 11 is 1.85. The minimum Gasteiger partial charge on any atom is -0.508 e. The molecule has 5 aromatic rings. The number of carbonyl (C=O) groups excluding carboxylic acids is 3. The van der Waals surface area contributed by atoms with Gasteiger partial charge in [-0.3, -0.25) is 15.0 Å². The Morgan fingerprint density at radius 2 is 1.42 bits per heavy atom. The van der Waals surface area contributed by atoms with Gasteiger partial charge in [0.05, 0.1) is 23.0 Å². The number of hydrogen-bond donors (Lipinski definition) is 4. The average Bonchev–Trinajstić information content (AvgIpc) is 3.21. The van der Waals surface area contributed by atoms with E-state index in [0.29, 0.717) is 25.1 Å². The lowest BCUT2D eigenvalue weighted by atomic mass is 9.84. The highest BCUT2D eigenvalue weighted by Crippen LogP contribution is 2.48. The van der Waals surface area contributed by atoms with E-state index in [4.69, 9.17) is 15.2 Å². The zero-order chi connectivity index (χ0) is 40.4. The largest absolute Gasteiger partial charge is 0.508 e. The minimum absolute atomic E-state index is 0.0923. The number of ether oxygens (including phenoxy) is 2. The third-order valence-corrected chi connectivity index (χ3v) is 11.4. The van der Waals surface area contributed by atoms with Crippen LogP contribution in [0.4, 0.5) is 4.79 Å². The molecule has 1 aliphatic rings. The summed E-state index contributed by atoms with van der Waals surface area (Å²) in [5.74, 6) is -0.00630. The number of hydrogen-bond acceptors (Lipinski definition) is 8. The van der Waals surface area contributed by atoms with Crippen molar-refractivity contribution in [2.45, 2.75) is 62.5 Å². The number of nitrogens with one attached hydrogen (secondary N) is 2. The second-order valence-electron chi connectivity index (χ2n) is 15.0. The Balaban J connectivity index is 1.26. The van der Waals surface area contributed by atoms with Crippen molar-refractivity contribution in [3.8, 4) is 11.5 Å². The molecule has 11 heteroatoms. The molecule has 0 aromatic heterocycles. The predicted molar refractivity (Wildman–Crippen MR) is 224 cm³/mol. The molecule has 0 radical (unpaired) electrons. The number of para-hydroxylation sites is 1. The summed E-state index contributed by atoms with van der Waals surface area (Å²) in [7, 11) is 0. The van der Waals surface area contributed by atoms with E-state index in [1.54, 1.807) is 24.3 Å². The SMILES string of the molecule is CC(C)(C)OC(=O)NN(CCCSC(c1ccccc1)(c1ccccc1)c1ccccc1)[C@H]1CCOc2c(C(=O)N[C@@H](Cc3ccc(O)cc3)C(N)=O)cccc21. The van der Waals surface area contributed by atoms with Crippen molar-refractivity contribution in [2.75, 3.05) is 18.9 Å². The number of amides is 3. The van der Waals surface area contributed by atoms with Crippen LogP contribution >= 0.6 is 11.8 Å². The lowest BCUT2D eigenvalue weighted by molar-refractivity contribution is -0.119. The van der Waals surface area contributed by atoms with E-state index in [1.807, 2.05) is 61.8 Å². The number of nitrogens with zero attached hydrogens (tertiary/aromatic N) is 1. The van der Waals surface area contributed by atoms with E-state index in [2.05, 4.69) is 83.5 Å². The fourth-order valence-corrected chi connectivity index (χ4v) is 8.66. The number of primary amides is 1. The summed E-state index contributed by atoms with van der Waals surface area (Å²) in [6.07, 6.45) is 0.793. The van der Waals surface area contributed by atoms with Crippen molar-refractivity contribution in [1.82, 2.24) is 15.8 Å². The highest BCUT2D eigenvalue weighted by atomic mass is 32.2. The molecule has 5 N–H and O–H groups in total. The van der Waals surface area contributed by atoms with Crippen molar-refractivity contribution in [3.05, 3.63) is 167 Å². The van der Waals surface area contributed by atoms with Crippen molar-refractivity contribution in [1.29, 1.82) is 0 Å². The zero-order valence-corrected chi connectivity index (χ0v) is 33.3. The van der Waals surface area contributed by atoms with E-state index in [9.17, 15) is 19.5 Å². The monoisotopic (exact) mass is 786 g/mol. The average molecular weight is 787 g/mol. The van der Waals surface area contributed by atoms with Crippen LogP contribution in [0.5, 0.6) is 11.5 Å². The number of benzene rings is 5. The minimum atomic E-state index is -1.00. The Bertz CT molecular complexity index is 2010. The van der Waals surface area contributed by atoms with Gasteiger partial charge in [-0.2, -0.15) is 0 Å².